The lowest BCUT2D eigenvalue weighted by atomic mass is 10.0. The fourth-order valence-corrected chi connectivity index (χ4v) is 5.80. The Hall–Kier alpha value is -1.33. The van der Waals surface area contributed by atoms with Crippen LogP contribution in [0.5, 0.6) is 0 Å². The van der Waals surface area contributed by atoms with Gasteiger partial charge in [-0.05, 0) is 28.3 Å². The van der Waals surface area contributed by atoms with Crippen molar-refractivity contribution in [3.63, 3.8) is 0 Å². The Morgan fingerprint density at radius 2 is 1.41 bits per heavy atom. The Labute approximate surface area is 137 Å². The van der Waals surface area contributed by atoms with Gasteiger partial charge < -0.3 is 4.90 Å². The van der Waals surface area contributed by atoms with E-state index < -0.39 is 0 Å². The number of hydrogen-bond acceptors (Lipinski definition) is 1. The zero-order chi connectivity index (χ0) is 16.3. The second-order valence-corrected chi connectivity index (χ2v) is 10.2. The first-order valence-electron chi connectivity index (χ1n) is 7.99. The van der Waals surface area contributed by atoms with E-state index in [1.54, 1.807) is 0 Å². The topological polar surface area (TPSA) is 3.24 Å². The van der Waals surface area contributed by atoms with Gasteiger partial charge in [-0.1, -0.05) is 78.1 Å². The third kappa shape index (κ3) is 3.52. The van der Waals surface area contributed by atoms with Gasteiger partial charge in [-0.2, -0.15) is 0 Å². The van der Waals surface area contributed by atoms with Gasteiger partial charge in [-0.25, -0.2) is 0 Å². The SMILES string of the molecule is CCP(c1ccccc1-c1ccccc1N(C)C)C(C)(C)C. The summed E-state index contributed by atoms with van der Waals surface area (Å²) in [6, 6.07) is 17.7. The normalized spacial score (nSPS) is 13.0. The second kappa shape index (κ2) is 6.84. The summed E-state index contributed by atoms with van der Waals surface area (Å²) >= 11 is 0. The molecule has 0 fully saturated rings. The van der Waals surface area contributed by atoms with E-state index in [9.17, 15) is 0 Å². The van der Waals surface area contributed by atoms with Crippen LogP contribution in [0.1, 0.15) is 27.7 Å². The minimum atomic E-state index is -0.189. The van der Waals surface area contributed by atoms with Crippen LogP contribution in [0.2, 0.25) is 0 Å². The molecule has 2 heteroatoms. The fourth-order valence-electron chi connectivity index (χ4n) is 3.03. The predicted octanol–water partition coefficient (Wildman–Crippen LogP) is 5.35. The van der Waals surface area contributed by atoms with Gasteiger partial charge >= 0.3 is 0 Å². The Kier molecular flexibility index (Phi) is 5.29. The summed E-state index contributed by atoms with van der Waals surface area (Å²) in [4.78, 5) is 2.21. The van der Waals surface area contributed by atoms with Gasteiger partial charge in [0.15, 0.2) is 0 Å². The molecule has 0 aliphatic carbocycles. The van der Waals surface area contributed by atoms with Crippen LogP contribution in [0, 0.1) is 0 Å². The molecule has 0 aliphatic heterocycles. The molecule has 0 saturated carbocycles. The van der Waals surface area contributed by atoms with Crippen LogP contribution in [-0.2, 0) is 0 Å². The predicted molar refractivity (Wildman–Crippen MR) is 103 cm³/mol. The summed E-state index contributed by atoms with van der Waals surface area (Å²) in [5.41, 5.74) is 4.03. The Bertz CT molecular complexity index is 626. The first kappa shape index (κ1) is 17.0. The average molecular weight is 313 g/mol. The quantitative estimate of drug-likeness (QED) is 0.688. The Balaban J connectivity index is 2.64. The van der Waals surface area contributed by atoms with Gasteiger partial charge in [-0.3, -0.25) is 0 Å². The van der Waals surface area contributed by atoms with Crippen LogP contribution in [0.25, 0.3) is 11.1 Å². The minimum absolute atomic E-state index is 0.189. The summed E-state index contributed by atoms with van der Waals surface area (Å²) in [7, 11) is 4.05. The molecular formula is C20H28NP. The molecule has 2 aromatic rings. The zero-order valence-corrected chi connectivity index (χ0v) is 15.6. The molecule has 0 N–H and O–H groups in total. The van der Waals surface area contributed by atoms with Gasteiger partial charge in [0.2, 0.25) is 0 Å². The van der Waals surface area contributed by atoms with E-state index in [-0.39, 0.29) is 7.92 Å². The molecule has 0 radical (unpaired) electrons. The van der Waals surface area contributed by atoms with E-state index in [0.717, 1.165) is 0 Å². The van der Waals surface area contributed by atoms with Crippen LogP contribution in [-0.4, -0.2) is 25.4 Å². The van der Waals surface area contributed by atoms with Crippen molar-refractivity contribution in [1.29, 1.82) is 0 Å². The zero-order valence-electron chi connectivity index (χ0n) is 14.7. The van der Waals surface area contributed by atoms with E-state index in [2.05, 4.69) is 95.2 Å². The lowest BCUT2D eigenvalue weighted by Gasteiger charge is -2.33. The van der Waals surface area contributed by atoms with Crippen molar-refractivity contribution >= 4 is 18.9 Å². The number of hydrogen-bond donors (Lipinski definition) is 0. The van der Waals surface area contributed by atoms with E-state index in [1.165, 1.54) is 28.3 Å². The average Bonchev–Trinajstić information content (AvgIpc) is 2.47. The molecule has 0 saturated heterocycles. The summed E-state index contributed by atoms with van der Waals surface area (Å²) in [6.07, 6.45) is 1.22. The van der Waals surface area contributed by atoms with Crippen LogP contribution >= 0.6 is 7.92 Å². The van der Waals surface area contributed by atoms with E-state index in [4.69, 9.17) is 0 Å². The van der Waals surface area contributed by atoms with Gasteiger partial charge in [0, 0.05) is 25.3 Å². The summed E-state index contributed by atoms with van der Waals surface area (Å²) in [6.45, 7) is 9.44. The summed E-state index contributed by atoms with van der Waals surface area (Å²) < 4.78 is 0. The van der Waals surface area contributed by atoms with Crippen molar-refractivity contribution in [1.82, 2.24) is 0 Å². The summed E-state index contributed by atoms with van der Waals surface area (Å²) in [5, 5.41) is 1.86. The minimum Gasteiger partial charge on any atom is -0.377 e. The highest BCUT2D eigenvalue weighted by atomic mass is 31.1. The highest BCUT2D eigenvalue weighted by molar-refractivity contribution is 7.67. The molecule has 22 heavy (non-hydrogen) atoms. The van der Waals surface area contributed by atoms with Gasteiger partial charge in [0.1, 0.15) is 0 Å². The molecule has 0 spiro atoms. The third-order valence-electron chi connectivity index (χ3n) is 4.00. The first-order valence-corrected chi connectivity index (χ1v) is 9.52. The standard InChI is InChI=1S/C20H28NP/c1-7-22(20(2,3)4)19-15-11-9-13-17(19)16-12-8-10-14-18(16)21(5)6/h8-15H,7H2,1-6H3. The molecule has 0 aromatic heterocycles. The first-order chi connectivity index (χ1) is 10.4. The largest absolute Gasteiger partial charge is 0.377 e. The third-order valence-corrected chi connectivity index (χ3v) is 7.22. The van der Waals surface area contributed by atoms with Crippen LogP contribution in [0.4, 0.5) is 5.69 Å². The van der Waals surface area contributed by atoms with Crippen LogP contribution in [0.3, 0.4) is 0 Å². The van der Waals surface area contributed by atoms with Crippen LogP contribution < -0.4 is 10.2 Å². The molecule has 0 aliphatic rings. The fraction of sp³-hybridized carbons (Fsp3) is 0.400. The smallest absolute Gasteiger partial charge is 0.0440 e. The van der Waals surface area contributed by atoms with Crippen molar-refractivity contribution in [3.05, 3.63) is 48.5 Å². The molecule has 1 unspecified atom stereocenters. The van der Waals surface area contributed by atoms with Crippen molar-refractivity contribution in [2.24, 2.45) is 0 Å². The maximum atomic E-state index is 2.37. The molecule has 0 bridgehead atoms. The van der Waals surface area contributed by atoms with E-state index in [1.807, 2.05) is 0 Å². The number of rotatable bonds is 4. The number of benzene rings is 2. The molecule has 2 aromatic carbocycles. The maximum Gasteiger partial charge on any atom is 0.0440 e. The number of nitrogens with zero attached hydrogens (tertiary/aromatic N) is 1. The number of anilines is 1. The van der Waals surface area contributed by atoms with Crippen molar-refractivity contribution in [3.8, 4) is 11.1 Å². The van der Waals surface area contributed by atoms with Gasteiger partial charge in [-0.15, -0.1) is 0 Å². The molecule has 0 heterocycles. The Morgan fingerprint density at radius 3 is 1.95 bits per heavy atom. The molecule has 0 amide bonds. The highest BCUT2D eigenvalue weighted by Gasteiger charge is 2.26. The van der Waals surface area contributed by atoms with E-state index in [0.29, 0.717) is 5.16 Å². The lowest BCUT2D eigenvalue weighted by molar-refractivity contribution is 0.787. The van der Waals surface area contributed by atoms with Crippen molar-refractivity contribution in [2.45, 2.75) is 32.9 Å². The summed E-state index contributed by atoms with van der Waals surface area (Å²) in [5.74, 6) is 0. The van der Waals surface area contributed by atoms with Crippen molar-refractivity contribution in [2.75, 3.05) is 25.2 Å². The molecule has 2 rings (SSSR count). The van der Waals surface area contributed by atoms with E-state index >= 15 is 0 Å². The Morgan fingerprint density at radius 1 is 0.864 bits per heavy atom. The number of para-hydroxylation sites is 1. The molecular weight excluding hydrogens is 285 g/mol. The maximum absolute atomic E-state index is 2.37. The van der Waals surface area contributed by atoms with Crippen LogP contribution in [0.15, 0.2) is 48.5 Å². The second-order valence-electron chi connectivity index (χ2n) is 6.84. The molecule has 118 valence electrons. The van der Waals surface area contributed by atoms with Gasteiger partial charge in [0.25, 0.3) is 0 Å². The molecule has 1 atom stereocenters. The van der Waals surface area contributed by atoms with Crippen molar-refractivity contribution < 1.29 is 0 Å². The monoisotopic (exact) mass is 313 g/mol. The highest BCUT2D eigenvalue weighted by Crippen LogP contribution is 2.50. The lowest BCUT2D eigenvalue weighted by Crippen LogP contribution is -2.22. The van der Waals surface area contributed by atoms with Gasteiger partial charge in [0.05, 0.1) is 0 Å². The molecule has 1 nitrogen and oxygen atoms in total.